The predicted octanol–water partition coefficient (Wildman–Crippen LogP) is 4.06. The summed E-state index contributed by atoms with van der Waals surface area (Å²) in [6.45, 7) is 2.06. The third-order valence-electron chi connectivity index (χ3n) is 4.12. The van der Waals surface area contributed by atoms with Crippen molar-refractivity contribution in [3.8, 4) is 0 Å². The average Bonchev–Trinajstić information content (AvgIpc) is 2.96. The largest absolute Gasteiger partial charge is 0.469 e. The van der Waals surface area contributed by atoms with Gasteiger partial charge in [0, 0.05) is 17.9 Å². The molecule has 1 rings (SSSR count). The van der Waals surface area contributed by atoms with Crippen molar-refractivity contribution in [1.82, 2.24) is 0 Å². The molecule has 138 valence electrons. The van der Waals surface area contributed by atoms with E-state index in [1.807, 2.05) is 30.4 Å². The summed E-state index contributed by atoms with van der Waals surface area (Å²) in [5.74, 6) is -0.0570. The summed E-state index contributed by atoms with van der Waals surface area (Å²) in [7, 11) is 1.40. The molecule has 4 heteroatoms. The quantitative estimate of drug-likeness (QED) is 0.265. The SMILES string of the molecule is CC/C=C\C[C@@H](O)C/C=C1/C(=O)C=C[C@H]1C/C=C\CCCC(=O)OC. The van der Waals surface area contributed by atoms with Crippen LogP contribution in [0.4, 0.5) is 0 Å². The van der Waals surface area contributed by atoms with E-state index < -0.39 is 6.10 Å². The second-order valence-corrected chi connectivity index (χ2v) is 6.17. The Morgan fingerprint density at radius 2 is 2.08 bits per heavy atom. The molecule has 1 N–H and O–H groups in total. The van der Waals surface area contributed by atoms with Crippen molar-refractivity contribution in [2.45, 2.75) is 58.0 Å². The number of hydrogen-bond acceptors (Lipinski definition) is 4. The molecule has 0 bridgehead atoms. The molecule has 0 saturated carbocycles. The van der Waals surface area contributed by atoms with Gasteiger partial charge in [-0.15, -0.1) is 0 Å². The average molecular weight is 346 g/mol. The number of esters is 1. The summed E-state index contributed by atoms with van der Waals surface area (Å²) in [4.78, 5) is 23.0. The van der Waals surface area contributed by atoms with E-state index in [1.165, 1.54) is 7.11 Å². The van der Waals surface area contributed by atoms with Gasteiger partial charge in [0.25, 0.3) is 0 Å². The topological polar surface area (TPSA) is 63.6 Å². The summed E-state index contributed by atoms with van der Waals surface area (Å²) in [6, 6.07) is 0. The zero-order chi connectivity index (χ0) is 18.5. The molecule has 2 atom stereocenters. The summed E-state index contributed by atoms with van der Waals surface area (Å²) < 4.78 is 4.60. The number of carbonyl (C=O) groups excluding carboxylic acids is 2. The molecule has 0 radical (unpaired) electrons. The smallest absolute Gasteiger partial charge is 0.305 e. The van der Waals surface area contributed by atoms with Crippen LogP contribution >= 0.6 is 0 Å². The van der Waals surface area contributed by atoms with Gasteiger partial charge < -0.3 is 9.84 Å². The number of unbranched alkanes of at least 4 members (excludes halogenated alkanes) is 1. The molecule has 0 heterocycles. The molecule has 0 fully saturated rings. The van der Waals surface area contributed by atoms with Crippen LogP contribution in [-0.2, 0) is 14.3 Å². The van der Waals surface area contributed by atoms with Crippen LogP contribution < -0.4 is 0 Å². The highest BCUT2D eigenvalue weighted by Gasteiger charge is 2.21. The highest BCUT2D eigenvalue weighted by Crippen LogP contribution is 2.26. The van der Waals surface area contributed by atoms with E-state index in [1.54, 1.807) is 6.08 Å². The monoisotopic (exact) mass is 346 g/mol. The maximum atomic E-state index is 12.0. The molecular weight excluding hydrogens is 316 g/mol. The summed E-state index contributed by atoms with van der Waals surface area (Å²) in [5, 5.41) is 9.97. The second-order valence-electron chi connectivity index (χ2n) is 6.17. The van der Waals surface area contributed by atoms with Gasteiger partial charge in [0.05, 0.1) is 13.2 Å². The lowest BCUT2D eigenvalue weighted by Crippen LogP contribution is -2.07. The number of ketones is 1. The molecule has 0 amide bonds. The summed E-state index contributed by atoms with van der Waals surface area (Å²) in [5.41, 5.74) is 0.776. The Hall–Kier alpha value is -1.94. The standard InChI is InChI=1S/C21H30O4/c1-3-4-7-11-18(22)14-15-19-17(13-16-20(19)23)10-8-5-6-9-12-21(24)25-2/h4-5,7-8,13,15-18,22H,3,6,9-12,14H2,1-2H3/b7-4-,8-5-,19-15+/t17-,18-/m1/s1. The van der Waals surface area contributed by atoms with Crippen molar-refractivity contribution >= 4 is 11.8 Å². The summed E-state index contributed by atoms with van der Waals surface area (Å²) >= 11 is 0. The minimum absolute atomic E-state index is 0.0420. The molecule has 1 aliphatic carbocycles. The van der Waals surface area contributed by atoms with Crippen molar-refractivity contribution < 1.29 is 19.4 Å². The van der Waals surface area contributed by atoms with Crippen molar-refractivity contribution in [2.24, 2.45) is 5.92 Å². The third kappa shape index (κ3) is 8.64. The number of aliphatic hydroxyl groups is 1. The van der Waals surface area contributed by atoms with Crippen LogP contribution in [0, 0.1) is 5.92 Å². The highest BCUT2D eigenvalue weighted by molar-refractivity contribution is 6.07. The highest BCUT2D eigenvalue weighted by atomic mass is 16.5. The van der Waals surface area contributed by atoms with Gasteiger partial charge in [0.2, 0.25) is 0 Å². The zero-order valence-corrected chi connectivity index (χ0v) is 15.3. The van der Waals surface area contributed by atoms with Crippen LogP contribution in [0.2, 0.25) is 0 Å². The fraction of sp³-hybridized carbons (Fsp3) is 0.524. The van der Waals surface area contributed by atoms with Crippen molar-refractivity contribution in [3.63, 3.8) is 0 Å². The maximum absolute atomic E-state index is 12.0. The van der Waals surface area contributed by atoms with E-state index in [9.17, 15) is 14.7 Å². The van der Waals surface area contributed by atoms with E-state index in [4.69, 9.17) is 0 Å². The number of carbonyl (C=O) groups is 2. The van der Waals surface area contributed by atoms with Crippen molar-refractivity contribution in [1.29, 1.82) is 0 Å². The van der Waals surface area contributed by atoms with Gasteiger partial charge in [-0.2, -0.15) is 0 Å². The summed E-state index contributed by atoms with van der Waals surface area (Å²) in [6.07, 6.45) is 17.9. The molecular formula is C21H30O4. The molecule has 0 saturated heterocycles. The van der Waals surface area contributed by atoms with Gasteiger partial charge in [-0.1, -0.05) is 43.4 Å². The van der Waals surface area contributed by atoms with Gasteiger partial charge in [-0.05, 0) is 44.6 Å². The van der Waals surface area contributed by atoms with Crippen LogP contribution in [-0.4, -0.2) is 30.1 Å². The van der Waals surface area contributed by atoms with Crippen LogP contribution in [0.1, 0.15) is 51.9 Å². The molecule has 4 nitrogen and oxygen atoms in total. The fourth-order valence-corrected chi connectivity index (χ4v) is 2.65. The Morgan fingerprint density at radius 1 is 1.28 bits per heavy atom. The normalized spacial score (nSPS) is 20.2. The van der Waals surface area contributed by atoms with Crippen LogP contribution in [0.15, 0.2) is 48.1 Å². The molecule has 0 spiro atoms. The van der Waals surface area contributed by atoms with E-state index >= 15 is 0 Å². The van der Waals surface area contributed by atoms with E-state index in [-0.39, 0.29) is 17.7 Å². The Kier molecular flexibility index (Phi) is 10.5. The van der Waals surface area contributed by atoms with E-state index in [0.29, 0.717) is 19.3 Å². The Morgan fingerprint density at radius 3 is 2.80 bits per heavy atom. The number of methoxy groups -OCH3 is 1. The van der Waals surface area contributed by atoms with Crippen LogP contribution in [0.5, 0.6) is 0 Å². The van der Waals surface area contributed by atoms with Gasteiger partial charge in [-0.25, -0.2) is 0 Å². The molecule has 0 aromatic rings. The molecule has 25 heavy (non-hydrogen) atoms. The van der Waals surface area contributed by atoms with Crippen LogP contribution in [0.25, 0.3) is 0 Å². The predicted molar refractivity (Wildman–Crippen MR) is 100 cm³/mol. The minimum Gasteiger partial charge on any atom is -0.469 e. The van der Waals surface area contributed by atoms with Gasteiger partial charge in [0.1, 0.15) is 0 Å². The van der Waals surface area contributed by atoms with Gasteiger partial charge in [-0.3, -0.25) is 9.59 Å². The third-order valence-corrected chi connectivity index (χ3v) is 4.12. The Balaban J connectivity index is 2.40. The molecule has 0 unspecified atom stereocenters. The van der Waals surface area contributed by atoms with E-state index in [0.717, 1.165) is 31.3 Å². The lowest BCUT2D eigenvalue weighted by atomic mass is 9.96. The minimum atomic E-state index is -0.446. The first-order valence-electron chi connectivity index (χ1n) is 9.05. The number of rotatable bonds is 11. The molecule has 0 aromatic carbocycles. The van der Waals surface area contributed by atoms with Gasteiger partial charge in [0.15, 0.2) is 5.78 Å². The van der Waals surface area contributed by atoms with E-state index in [2.05, 4.69) is 17.7 Å². The van der Waals surface area contributed by atoms with Crippen molar-refractivity contribution in [2.75, 3.05) is 7.11 Å². The molecule has 0 aromatic heterocycles. The number of ether oxygens (including phenoxy) is 1. The maximum Gasteiger partial charge on any atom is 0.305 e. The number of allylic oxidation sites excluding steroid dienone is 6. The van der Waals surface area contributed by atoms with Gasteiger partial charge >= 0.3 is 5.97 Å². The zero-order valence-electron chi connectivity index (χ0n) is 15.3. The van der Waals surface area contributed by atoms with Crippen molar-refractivity contribution in [3.05, 3.63) is 48.1 Å². The Bertz CT molecular complexity index is 540. The Labute approximate surface area is 151 Å². The number of hydrogen-bond donors (Lipinski definition) is 1. The lowest BCUT2D eigenvalue weighted by molar-refractivity contribution is -0.140. The lowest BCUT2D eigenvalue weighted by Gasteiger charge is -2.10. The molecule has 1 aliphatic rings. The first kappa shape index (κ1) is 21.1. The first-order chi connectivity index (χ1) is 12.1. The fourth-order valence-electron chi connectivity index (χ4n) is 2.65. The van der Waals surface area contributed by atoms with Crippen LogP contribution in [0.3, 0.4) is 0 Å². The molecule has 0 aliphatic heterocycles. The first-order valence-corrected chi connectivity index (χ1v) is 9.05. The number of aliphatic hydroxyl groups excluding tert-OH is 1. The second kappa shape index (κ2) is 12.4.